The van der Waals surface area contributed by atoms with E-state index in [0.717, 1.165) is 38.7 Å². The molecular weight excluding hydrogens is 286 g/mol. The summed E-state index contributed by atoms with van der Waals surface area (Å²) in [7, 11) is 0. The van der Waals surface area contributed by atoms with Gasteiger partial charge in [-0.05, 0) is 48.9 Å². The lowest BCUT2D eigenvalue weighted by Gasteiger charge is -2.34. The van der Waals surface area contributed by atoms with Crippen LogP contribution in [-0.4, -0.2) is 32.9 Å². The van der Waals surface area contributed by atoms with Crippen molar-refractivity contribution in [2.45, 2.75) is 52.4 Å². The van der Waals surface area contributed by atoms with Crippen LogP contribution in [0.5, 0.6) is 5.75 Å². The molecule has 3 rings (SSSR count). The molecule has 0 amide bonds. The van der Waals surface area contributed by atoms with Crippen LogP contribution in [-0.2, 0) is 17.6 Å². The summed E-state index contributed by atoms with van der Waals surface area (Å²) in [6.45, 7) is 9.30. The van der Waals surface area contributed by atoms with E-state index < -0.39 is 0 Å². The molecule has 1 aromatic rings. The van der Waals surface area contributed by atoms with Gasteiger partial charge in [0.25, 0.3) is 0 Å². The van der Waals surface area contributed by atoms with Crippen LogP contribution in [0.3, 0.4) is 0 Å². The Morgan fingerprint density at radius 3 is 2.70 bits per heavy atom. The number of fused-ring (bicyclic) bond motifs is 1. The lowest BCUT2D eigenvalue weighted by molar-refractivity contribution is 0.186. The lowest BCUT2D eigenvalue weighted by atomic mass is 9.96. The van der Waals surface area contributed by atoms with Crippen molar-refractivity contribution in [3.63, 3.8) is 0 Å². The monoisotopic (exact) mass is 317 g/mol. The smallest absolute Gasteiger partial charge is 0.142 e. The summed E-state index contributed by atoms with van der Waals surface area (Å²) in [6, 6.07) is 4.74. The van der Waals surface area contributed by atoms with Gasteiger partial charge < -0.3 is 14.4 Å². The molecule has 2 aliphatic rings. The van der Waals surface area contributed by atoms with Crippen LogP contribution >= 0.6 is 0 Å². The van der Waals surface area contributed by atoms with E-state index in [2.05, 4.69) is 30.9 Å². The number of nitrogens with zero attached hydrogens (tertiary/aromatic N) is 1. The van der Waals surface area contributed by atoms with Gasteiger partial charge in [-0.2, -0.15) is 0 Å². The normalized spacial score (nSPS) is 20.4. The SMILES string of the molecule is CCCCc1cc2c(cc1CCC)N(CC1CCOC1)CCO2. The van der Waals surface area contributed by atoms with Crippen molar-refractivity contribution in [1.82, 2.24) is 0 Å². The number of unbranched alkanes of at least 4 members (excludes halogenated alkanes) is 1. The predicted octanol–water partition coefficient (Wildman–Crippen LogP) is 4.22. The van der Waals surface area contributed by atoms with E-state index in [9.17, 15) is 0 Å². The van der Waals surface area contributed by atoms with E-state index >= 15 is 0 Å². The Balaban J connectivity index is 1.83. The van der Waals surface area contributed by atoms with Crippen molar-refractivity contribution >= 4 is 5.69 Å². The molecule has 1 fully saturated rings. The minimum Gasteiger partial charge on any atom is -0.490 e. The van der Waals surface area contributed by atoms with E-state index in [1.54, 1.807) is 0 Å². The van der Waals surface area contributed by atoms with Gasteiger partial charge in [0.05, 0.1) is 18.8 Å². The van der Waals surface area contributed by atoms with Gasteiger partial charge in [0.1, 0.15) is 12.4 Å². The summed E-state index contributed by atoms with van der Waals surface area (Å²) in [4.78, 5) is 2.53. The molecule has 2 heterocycles. The van der Waals surface area contributed by atoms with Gasteiger partial charge in [0, 0.05) is 19.1 Å². The molecule has 0 saturated carbocycles. The number of ether oxygens (including phenoxy) is 2. The Morgan fingerprint density at radius 1 is 1.09 bits per heavy atom. The van der Waals surface area contributed by atoms with Gasteiger partial charge in [-0.15, -0.1) is 0 Å². The van der Waals surface area contributed by atoms with Crippen molar-refractivity contribution in [3.8, 4) is 5.75 Å². The fourth-order valence-electron chi connectivity index (χ4n) is 3.73. The molecule has 3 heteroatoms. The highest BCUT2D eigenvalue weighted by Crippen LogP contribution is 2.36. The molecule has 3 nitrogen and oxygen atoms in total. The van der Waals surface area contributed by atoms with Gasteiger partial charge in [-0.25, -0.2) is 0 Å². The fourth-order valence-corrected chi connectivity index (χ4v) is 3.73. The molecule has 0 bridgehead atoms. The first-order valence-electron chi connectivity index (χ1n) is 9.43. The summed E-state index contributed by atoms with van der Waals surface area (Å²) >= 11 is 0. The highest BCUT2D eigenvalue weighted by atomic mass is 16.5. The van der Waals surface area contributed by atoms with Crippen LogP contribution < -0.4 is 9.64 Å². The van der Waals surface area contributed by atoms with Crippen LogP contribution in [0.2, 0.25) is 0 Å². The van der Waals surface area contributed by atoms with Crippen molar-refractivity contribution in [1.29, 1.82) is 0 Å². The lowest BCUT2D eigenvalue weighted by Crippen LogP contribution is -2.37. The third-order valence-electron chi connectivity index (χ3n) is 5.06. The Hall–Kier alpha value is -1.22. The van der Waals surface area contributed by atoms with Crippen LogP contribution in [0, 0.1) is 5.92 Å². The standard InChI is InChI=1S/C20H31NO2/c1-3-5-7-18-13-20-19(12-17(18)6-4-2)21(9-11-23-20)14-16-8-10-22-15-16/h12-13,16H,3-11,14-15H2,1-2H3. The summed E-state index contributed by atoms with van der Waals surface area (Å²) in [5.41, 5.74) is 4.34. The van der Waals surface area contributed by atoms with Gasteiger partial charge in [-0.1, -0.05) is 26.7 Å². The van der Waals surface area contributed by atoms with Gasteiger partial charge in [0.15, 0.2) is 0 Å². The molecule has 128 valence electrons. The third-order valence-corrected chi connectivity index (χ3v) is 5.06. The Kier molecular flexibility index (Phi) is 5.82. The van der Waals surface area contributed by atoms with Gasteiger partial charge >= 0.3 is 0 Å². The van der Waals surface area contributed by atoms with E-state index in [1.165, 1.54) is 55.3 Å². The van der Waals surface area contributed by atoms with E-state index in [-0.39, 0.29) is 0 Å². The third kappa shape index (κ3) is 4.00. The minimum atomic E-state index is 0.676. The first kappa shape index (κ1) is 16.6. The molecule has 0 aliphatic carbocycles. The van der Waals surface area contributed by atoms with E-state index in [1.807, 2.05) is 0 Å². The van der Waals surface area contributed by atoms with Crippen molar-refractivity contribution in [3.05, 3.63) is 23.3 Å². The predicted molar refractivity (Wildman–Crippen MR) is 95.7 cm³/mol. The second-order valence-corrected chi connectivity index (χ2v) is 6.97. The number of aryl methyl sites for hydroxylation is 2. The summed E-state index contributed by atoms with van der Waals surface area (Å²) < 4.78 is 11.6. The molecule has 2 aliphatic heterocycles. The maximum Gasteiger partial charge on any atom is 0.142 e. The summed E-state index contributed by atoms with van der Waals surface area (Å²) in [5.74, 6) is 1.77. The second-order valence-electron chi connectivity index (χ2n) is 6.97. The van der Waals surface area contributed by atoms with E-state index in [4.69, 9.17) is 9.47 Å². The van der Waals surface area contributed by atoms with Crippen LogP contribution in [0.4, 0.5) is 5.69 Å². The second kappa shape index (κ2) is 8.05. The number of rotatable bonds is 7. The molecule has 1 unspecified atom stereocenters. The Morgan fingerprint density at radius 2 is 1.96 bits per heavy atom. The van der Waals surface area contributed by atoms with Crippen molar-refractivity contribution in [2.24, 2.45) is 5.92 Å². The molecule has 0 radical (unpaired) electrons. The van der Waals surface area contributed by atoms with Crippen molar-refractivity contribution in [2.75, 3.05) is 37.8 Å². The highest BCUT2D eigenvalue weighted by molar-refractivity contribution is 5.63. The van der Waals surface area contributed by atoms with Crippen LogP contribution in [0.1, 0.15) is 50.7 Å². The van der Waals surface area contributed by atoms with Gasteiger partial charge in [-0.3, -0.25) is 0 Å². The Bertz CT molecular complexity index is 509. The topological polar surface area (TPSA) is 21.7 Å². The van der Waals surface area contributed by atoms with Crippen LogP contribution in [0.15, 0.2) is 12.1 Å². The largest absolute Gasteiger partial charge is 0.490 e. The molecule has 1 atom stereocenters. The summed E-state index contributed by atoms with van der Waals surface area (Å²) in [5, 5.41) is 0. The number of benzene rings is 1. The molecular formula is C20H31NO2. The van der Waals surface area contributed by atoms with Gasteiger partial charge in [0.2, 0.25) is 0 Å². The zero-order valence-electron chi connectivity index (χ0n) is 14.8. The molecule has 1 aromatic carbocycles. The highest BCUT2D eigenvalue weighted by Gasteiger charge is 2.25. The molecule has 23 heavy (non-hydrogen) atoms. The Labute approximate surface area is 141 Å². The maximum atomic E-state index is 6.00. The fraction of sp³-hybridized carbons (Fsp3) is 0.700. The maximum absolute atomic E-state index is 6.00. The number of hydrogen-bond acceptors (Lipinski definition) is 3. The zero-order valence-corrected chi connectivity index (χ0v) is 14.8. The number of anilines is 1. The number of hydrogen-bond donors (Lipinski definition) is 0. The first-order valence-corrected chi connectivity index (χ1v) is 9.43. The van der Waals surface area contributed by atoms with Crippen LogP contribution in [0.25, 0.3) is 0 Å². The molecule has 0 spiro atoms. The molecule has 0 aromatic heterocycles. The molecule has 1 saturated heterocycles. The van der Waals surface area contributed by atoms with Crippen molar-refractivity contribution < 1.29 is 9.47 Å². The molecule has 0 N–H and O–H groups in total. The quantitative estimate of drug-likeness (QED) is 0.751. The zero-order chi connectivity index (χ0) is 16.1. The average molecular weight is 317 g/mol. The first-order chi connectivity index (χ1) is 11.3. The van der Waals surface area contributed by atoms with E-state index in [0.29, 0.717) is 5.92 Å². The minimum absolute atomic E-state index is 0.676. The summed E-state index contributed by atoms with van der Waals surface area (Å²) in [6.07, 6.45) is 7.26. The average Bonchev–Trinajstić information content (AvgIpc) is 3.07.